The molecule has 10 heteroatoms. The molecule has 1 saturated heterocycles. The molecule has 8 nitrogen and oxygen atoms in total. The van der Waals surface area contributed by atoms with Crippen molar-refractivity contribution in [1.82, 2.24) is 14.9 Å². The number of nitrogens with zero attached hydrogens (tertiary/aromatic N) is 1. The average molecular weight is 624 g/mol. The van der Waals surface area contributed by atoms with Crippen molar-refractivity contribution >= 4 is 33.4 Å². The molecule has 1 aliphatic heterocycles. The van der Waals surface area contributed by atoms with Gasteiger partial charge in [0.25, 0.3) is 0 Å². The van der Waals surface area contributed by atoms with Crippen molar-refractivity contribution in [3.63, 3.8) is 0 Å². The number of benzene rings is 3. The van der Waals surface area contributed by atoms with Crippen molar-refractivity contribution in [1.29, 1.82) is 0 Å². The highest BCUT2D eigenvalue weighted by Crippen LogP contribution is 2.23. The van der Waals surface area contributed by atoms with E-state index in [0.717, 1.165) is 42.4 Å². The lowest BCUT2D eigenvalue weighted by molar-refractivity contribution is -0.141. The molecule has 228 valence electrons. The van der Waals surface area contributed by atoms with Crippen LogP contribution in [0.2, 0.25) is 5.02 Å². The van der Waals surface area contributed by atoms with Crippen molar-refractivity contribution in [2.24, 2.45) is 0 Å². The quantitative estimate of drug-likeness (QED) is 0.272. The second-order valence-corrected chi connectivity index (χ2v) is 13.4. The smallest absolute Gasteiger partial charge is 0.243 e. The van der Waals surface area contributed by atoms with E-state index in [1.807, 2.05) is 42.5 Å². The number of hydrogen-bond acceptors (Lipinski definition) is 5. The molecule has 2 amide bonds. The van der Waals surface area contributed by atoms with Gasteiger partial charge in [-0.05, 0) is 73.1 Å². The molecule has 3 aromatic carbocycles. The first-order chi connectivity index (χ1) is 20.8. The van der Waals surface area contributed by atoms with Crippen molar-refractivity contribution in [2.45, 2.75) is 74.6 Å². The summed E-state index contributed by atoms with van der Waals surface area (Å²) < 4.78 is 33.5. The van der Waals surface area contributed by atoms with Crippen molar-refractivity contribution in [2.75, 3.05) is 13.2 Å². The number of nitrogens with one attached hydrogen (secondary N) is 2. The highest BCUT2D eigenvalue weighted by atomic mass is 35.5. The van der Waals surface area contributed by atoms with Crippen LogP contribution in [0.25, 0.3) is 0 Å². The standard InChI is InChI=1S/C33H38ClN3O5S/c34-27-13-8-26(9-14-27)23-37(31(21-25-5-2-1-3-6-25)33(39)35-22-29-7-4-20-42-29)32(38)19-12-24-10-17-30(18-11-24)43(40,41)36-28-15-16-28/h1-3,5-6,8-11,13-14,17-18,28-29,31,36H,4,7,12,15-16,19-23H2,(H,35,39)/t29-,31-/m1/s1. The molecule has 2 atom stereocenters. The first-order valence-electron chi connectivity index (χ1n) is 14.9. The maximum Gasteiger partial charge on any atom is 0.243 e. The number of aryl methyl sites for hydroxylation is 1. The summed E-state index contributed by atoms with van der Waals surface area (Å²) in [5.41, 5.74) is 2.65. The van der Waals surface area contributed by atoms with E-state index in [-0.39, 0.29) is 41.8 Å². The second-order valence-electron chi connectivity index (χ2n) is 11.3. The van der Waals surface area contributed by atoms with Gasteiger partial charge in [-0.1, -0.05) is 66.2 Å². The van der Waals surface area contributed by atoms with Gasteiger partial charge in [0.2, 0.25) is 21.8 Å². The fraction of sp³-hybridized carbons (Fsp3) is 0.394. The molecular formula is C33H38ClN3O5S. The molecule has 0 aromatic heterocycles. The van der Waals surface area contributed by atoms with Gasteiger partial charge in [-0.3, -0.25) is 9.59 Å². The van der Waals surface area contributed by atoms with Crippen molar-refractivity contribution in [3.8, 4) is 0 Å². The van der Waals surface area contributed by atoms with Gasteiger partial charge >= 0.3 is 0 Å². The van der Waals surface area contributed by atoms with Crippen LogP contribution in [0.15, 0.2) is 83.8 Å². The maximum absolute atomic E-state index is 13.9. The Bertz CT molecular complexity index is 1470. The molecule has 1 saturated carbocycles. The molecule has 0 unspecified atom stereocenters. The minimum atomic E-state index is -3.55. The van der Waals surface area contributed by atoms with Gasteiger partial charge < -0.3 is 15.0 Å². The predicted octanol–water partition coefficient (Wildman–Crippen LogP) is 4.65. The van der Waals surface area contributed by atoms with Crippen LogP contribution in [0, 0.1) is 0 Å². The first kappa shape index (κ1) is 31.2. The lowest BCUT2D eigenvalue weighted by Gasteiger charge is -2.32. The summed E-state index contributed by atoms with van der Waals surface area (Å²) in [6, 6.07) is 22.9. The minimum absolute atomic E-state index is 0.0204. The van der Waals surface area contributed by atoms with E-state index in [0.29, 0.717) is 31.0 Å². The third-order valence-electron chi connectivity index (χ3n) is 7.83. The number of ether oxygens (including phenoxy) is 1. The van der Waals surface area contributed by atoms with Gasteiger partial charge in [-0.25, -0.2) is 13.1 Å². The van der Waals surface area contributed by atoms with Crippen LogP contribution in [0.1, 0.15) is 48.8 Å². The van der Waals surface area contributed by atoms with E-state index in [4.69, 9.17) is 16.3 Å². The molecule has 2 fully saturated rings. The molecule has 0 bridgehead atoms. The van der Waals surface area contributed by atoms with Gasteiger partial charge in [0.1, 0.15) is 6.04 Å². The van der Waals surface area contributed by atoms with Crippen LogP contribution in [-0.2, 0) is 43.7 Å². The summed E-state index contributed by atoms with van der Waals surface area (Å²) in [5, 5.41) is 3.64. The van der Waals surface area contributed by atoms with Crippen LogP contribution < -0.4 is 10.0 Å². The van der Waals surface area contributed by atoms with E-state index in [2.05, 4.69) is 10.0 Å². The number of carbonyl (C=O) groups is 2. The third kappa shape index (κ3) is 9.13. The molecule has 5 rings (SSSR count). The number of rotatable bonds is 14. The Kier molecular flexibility index (Phi) is 10.5. The molecule has 1 aliphatic carbocycles. The fourth-order valence-corrected chi connectivity index (χ4v) is 6.63. The molecule has 2 N–H and O–H groups in total. The lowest BCUT2D eigenvalue weighted by atomic mass is 10.0. The predicted molar refractivity (Wildman–Crippen MR) is 166 cm³/mol. The van der Waals surface area contributed by atoms with E-state index in [9.17, 15) is 18.0 Å². The maximum atomic E-state index is 13.9. The zero-order chi connectivity index (χ0) is 30.2. The summed E-state index contributed by atoms with van der Waals surface area (Å²) in [5.74, 6) is -0.394. The van der Waals surface area contributed by atoms with Crippen molar-refractivity contribution < 1.29 is 22.7 Å². The van der Waals surface area contributed by atoms with E-state index in [1.54, 1.807) is 41.3 Å². The van der Waals surface area contributed by atoms with Crippen LogP contribution in [0.4, 0.5) is 0 Å². The van der Waals surface area contributed by atoms with Crippen LogP contribution >= 0.6 is 11.6 Å². The topological polar surface area (TPSA) is 105 Å². The average Bonchev–Trinajstić information content (AvgIpc) is 3.66. The Hall–Kier alpha value is -3.24. The molecule has 0 radical (unpaired) electrons. The number of carbonyl (C=O) groups excluding carboxylic acids is 2. The van der Waals surface area contributed by atoms with E-state index in [1.165, 1.54) is 0 Å². The monoisotopic (exact) mass is 623 g/mol. The molecule has 0 spiro atoms. The Morgan fingerprint density at radius 3 is 2.26 bits per heavy atom. The zero-order valence-corrected chi connectivity index (χ0v) is 25.7. The van der Waals surface area contributed by atoms with E-state index < -0.39 is 16.1 Å². The lowest BCUT2D eigenvalue weighted by Crippen LogP contribution is -2.51. The highest BCUT2D eigenvalue weighted by Gasteiger charge is 2.31. The van der Waals surface area contributed by atoms with Crippen LogP contribution in [0.5, 0.6) is 0 Å². The Morgan fingerprint density at radius 2 is 1.60 bits per heavy atom. The number of amides is 2. The summed E-state index contributed by atoms with van der Waals surface area (Å²) >= 11 is 6.12. The van der Waals surface area contributed by atoms with E-state index >= 15 is 0 Å². The SMILES string of the molecule is O=C(NC[C@H]1CCCO1)[C@@H](Cc1ccccc1)N(Cc1ccc(Cl)cc1)C(=O)CCc1ccc(S(=O)(=O)NC2CC2)cc1. The van der Waals surface area contributed by atoms with Gasteiger partial charge in [0, 0.05) is 43.6 Å². The number of hydrogen-bond donors (Lipinski definition) is 2. The fourth-order valence-electron chi connectivity index (χ4n) is 5.20. The third-order valence-corrected chi connectivity index (χ3v) is 9.61. The molecule has 1 heterocycles. The summed E-state index contributed by atoms with van der Waals surface area (Å²) in [6.07, 6.45) is 4.50. The second kappa shape index (κ2) is 14.5. The summed E-state index contributed by atoms with van der Waals surface area (Å²) in [7, 11) is -3.55. The normalized spacial score (nSPS) is 17.4. The molecule has 43 heavy (non-hydrogen) atoms. The minimum Gasteiger partial charge on any atom is -0.376 e. The largest absolute Gasteiger partial charge is 0.376 e. The Morgan fingerprint density at radius 1 is 0.907 bits per heavy atom. The van der Waals surface area contributed by atoms with Crippen molar-refractivity contribution in [3.05, 3.63) is 101 Å². The zero-order valence-electron chi connectivity index (χ0n) is 24.1. The van der Waals surface area contributed by atoms with Gasteiger partial charge in [-0.2, -0.15) is 0 Å². The molecular weight excluding hydrogens is 586 g/mol. The summed E-state index contributed by atoms with van der Waals surface area (Å²) in [4.78, 5) is 29.5. The van der Waals surface area contributed by atoms with Crippen LogP contribution in [-0.4, -0.2) is 56.5 Å². The number of halogens is 1. The Balaban J connectivity index is 1.34. The van der Waals surface area contributed by atoms with Gasteiger partial charge in [0.15, 0.2) is 0 Å². The van der Waals surface area contributed by atoms with Crippen LogP contribution in [0.3, 0.4) is 0 Å². The molecule has 2 aliphatic rings. The number of sulfonamides is 1. The highest BCUT2D eigenvalue weighted by molar-refractivity contribution is 7.89. The van der Waals surface area contributed by atoms with Gasteiger partial charge in [-0.15, -0.1) is 0 Å². The Labute approximate surface area is 258 Å². The molecule has 3 aromatic rings. The summed E-state index contributed by atoms with van der Waals surface area (Å²) in [6.45, 7) is 1.34. The van der Waals surface area contributed by atoms with Gasteiger partial charge in [0.05, 0.1) is 11.0 Å². The first-order valence-corrected chi connectivity index (χ1v) is 16.7.